The highest BCUT2D eigenvalue weighted by atomic mass is 32.2. The van der Waals surface area contributed by atoms with Crippen molar-refractivity contribution >= 4 is 10.0 Å². The van der Waals surface area contributed by atoms with Crippen LogP contribution in [-0.2, 0) is 10.0 Å². The molecule has 6 nitrogen and oxygen atoms in total. The molecule has 1 aromatic heterocycles. The van der Waals surface area contributed by atoms with Gasteiger partial charge in [0.2, 0.25) is 10.0 Å². The smallest absolute Gasteiger partial charge is 0.246 e. The zero-order chi connectivity index (χ0) is 11.8. The van der Waals surface area contributed by atoms with E-state index in [2.05, 4.69) is 15.5 Å². The first-order chi connectivity index (χ1) is 7.51. The number of H-pyrrole nitrogens is 1. The summed E-state index contributed by atoms with van der Waals surface area (Å²) in [6, 6.07) is 0.190. The second kappa shape index (κ2) is 4.15. The number of aryl methyl sites for hydroxylation is 1. The van der Waals surface area contributed by atoms with Crippen LogP contribution in [0.3, 0.4) is 0 Å². The number of sulfonamides is 1. The molecule has 1 aromatic rings. The molecule has 7 heteroatoms. The van der Waals surface area contributed by atoms with E-state index in [0.29, 0.717) is 25.3 Å². The van der Waals surface area contributed by atoms with Crippen molar-refractivity contribution in [3.8, 4) is 0 Å². The summed E-state index contributed by atoms with van der Waals surface area (Å²) >= 11 is 0. The average molecular weight is 244 g/mol. The highest BCUT2D eigenvalue weighted by Gasteiger charge is 2.30. The molecular weight excluding hydrogens is 228 g/mol. The lowest BCUT2D eigenvalue weighted by atomic mass is 10.3. The normalized spacial score (nSPS) is 23.5. The van der Waals surface area contributed by atoms with Crippen molar-refractivity contribution in [1.29, 1.82) is 0 Å². The highest BCUT2D eigenvalue weighted by molar-refractivity contribution is 7.89. The summed E-state index contributed by atoms with van der Waals surface area (Å²) in [6.45, 7) is 5.40. The third kappa shape index (κ3) is 1.98. The molecule has 0 spiro atoms. The van der Waals surface area contributed by atoms with Gasteiger partial charge in [0.25, 0.3) is 0 Å². The van der Waals surface area contributed by atoms with Crippen LogP contribution in [0.15, 0.2) is 11.1 Å². The third-order valence-electron chi connectivity index (χ3n) is 2.73. The van der Waals surface area contributed by atoms with Crippen molar-refractivity contribution in [3.05, 3.63) is 11.9 Å². The number of hydrogen-bond acceptors (Lipinski definition) is 4. The van der Waals surface area contributed by atoms with E-state index in [1.165, 1.54) is 10.5 Å². The molecule has 0 bridgehead atoms. The van der Waals surface area contributed by atoms with E-state index in [1.54, 1.807) is 6.92 Å². The molecule has 0 radical (unpaired) electrons. The lowest BCUT2D eigenvalue weighted by molar-refractivity contribution is 0.310. The molecule has 0 aliphatic carbocycles. The summed E-state index contributed by atoms with van der Waals surface area (Å²) in [5.41, 5.74) is 0.589. The van der Waals surface area contributed by atoms with Crippen LogP contribution in [-0.4, -0.2) is 48.6 Å². The first kappa shape index (κ1) is 11.6. The molecule has 1 aliphatic rings. The quantitative estimate of drug-likeness (QED) is 0.749. The monoisotopic (exact) mass is 244 g/mol. The number of aromatic nitrogens is 2. The van der Waals surface area contributed by atoms with E-state index in [4.69, 9.17) is 0 Å². The molecule has 90 valence electrons. The summed E-state index contributed by atoms with van der Waals surface area (Å²) in [5.74, 6) is 0. The minimum atomic E-state index is -3.38. The molecule has 0 unspecified atom stereocenters. The number of piperazine rings is 1. The van der Waals surface area contributed by atoms with Crippen LogP contribution in [0.2, 0.25) is 0 Å². The fourth-order valence-electron chi connectivity index (χ4n) is 1.85. The molecule has 2 rings (SSSR count). The van der Waals surface area contributed by atoms with Gasteiger partial charge in [-0.05, 0) is 13.8 Å². The number of nitrogens with zero attached hydrogens (tertiary/aromatic N) is 2. The Kier molecular flexibility index (Phi) is 3.00. The zero-order valence-corrected chi connectivity index (χ0v) is 10.2. The molecule has 16 heavy (non-hydrogen) atoms. The predicted octanol–water partition coefficient (Wildman–Crippen LogP) is -0.299. The van der Waals surface area contributed by atoms with Crippen LogP contribution in [0.4, 0.5) is 0 Å². The first-order valence-electron chi connectivity index (χ1n) is 5.25. The Morgan fingerprint density at radius 1 is 1.56 bits per heavy atom. The van der Waals surface area contributed by atoms with E-state index in [1.807, 2.05) is 6.92 Å². The minimum absolute atomic E-state index is 0.190. The van der Waals surface area contributed by atoms with Crippen molar-refractivity contribution in [2.75, 3.05) is 19.6 Å². The molecule has 1 atom stereocenters. The largest absolute Gasteiger partial charge is 0.312 e. The second-order valence-electron chi connectivity index (χ2n) is 4.08. The van der Waals surface area contributed by atoms with Crippen LogP contribution in [0, 0.1) is 6.92 Å². The van der Waals surface area contributed by atoms with Crippen LogP contribution in [0.1, 0.15) is 12.6 Å². The summed E-state index contributed by atoms with van der Waals surface area (Å²) in [5, 5.41) is 9.62. The Morgan fingerprint density at radius 2 is 2.31 bits per heavy atom. The fraction of sp³-hybridized carbons (Fsp3) is 0.667. The molecule has 2 heterocycles. The maximum atomic E-state index is 12.3. The molecule has 2 N–H and O–H groups in total. The number of hydrogen-bond donors (Lipinski definition) is 2. The standard InChI is InChI=1S/C9H16N4O2S/c1-7-6-13(4-3-10-7)16(14,15)9-5-11-12-8(9)2/h5,7,10H,3-4,6H2,1-2H3,(H,11,12)/t7-/m1/s1. The molecule has 0 saturated carbocycles. The van der Waals surface area contributed by atoms with Crippen LogP contribution >= 0.6 is 0 Å². The summed E-state index contributed by atoms with van der Waals surface area (Å²) in [7, 11) is -3.38. The SMILES string of the molecule is Cc1[nH]ncc1S(=O)(=O)N1CCN[C@H](C)C1. The maximum Gasteiger partial charge on any atom is 0.246 e. The van der Waals surface area contributed by atoms with Crippen molar-refractivity contribution in [2.45, 2.75) is 24.8 Å². The van der Waals surface area contributed by atoms with E-state index < -0.39 is 10.0 Å². The fourth-order valence-corrected chi connectivity index (χ4v) is 3.50. The van der Waals surface area contributed by atoms with E-state index in [-0.39, 0.29) is 10.9 Å². The summed E-state index contributed by atoms with van der Waals surface area (Å²) in [4.78, 5) is 0.279. The van der Waals surface area contributed by atoms with E-state index in [0.717, 1.165) is 0 Å². The van der Waals surface area contributed by atoms with Crippen LogP contribution in [0.25, 0.3) is 0 Å². The van der Waals surface area contributed by atoms with Gasteiger partial charge < -0.3 is 5.32 Å². The lowest BCUT2D eigenvalue weighted by Crippen LogP contribution is -2.51. The third-order valence-corrected chi connectivity index (χ3v) is 4.71. The van der Waals surface area contributed by atoms with Gasteiger partial charge in [-0.15, -0.1) is 0 Å². The molecule has 1 saturated heterocycles. The Morgan fingerprint density at radius 3 is 2.88 bits per heavy atom. The Hall–Kier alpha value is -0.920. The number of nitrogens with one attached hydrogen (secondary N) is 2. The van der Waals surface area contributed by atoms with Crippen molar-refractivity contribution < 1.29 is 8.42 Å². The molecule has 1 fully saturated rings. The lowest BCUT2D eigenvalue weighted by Gasteiger charge is -2.30. The van der Waals surface area contributed by atoms with E-state index >= 15 is 0 Å². The molecule has 0 aromatic carbocycles. The molecule has 0 amide bonds. The van der Waals surface area contributed by atoms with Crippen molar-refractivity contribution in [3.63, 3.8) is 0 Å². The average Bonchev–Trinajstić information content (AvgIpc) is 2.65. The Balaban J connectivity index is 2.29. The minimum Gasteiger partial charge on any atom is -0.312 e. The van der Waals surface area contributed by atoms with Gasteiger partial charge in [0.05, 0.1) is 11.9 Å². The molecular formula is C9H16N4O2S. The topological polar surface area (TPSA) is 78.1 Å². The zero-order valence-electron chi connectivity index (χ0n) is 9.40. The van der Waals surface area contributed by atoms with E-state index in [9.17, 15) is 8.42 Å². The van der Waals surface area contributed by atoms with Gasteiger partial charge in [-0.1, -0.05) is 0 Å². The first-order valence-corrected chi connectivity index (χ1v) is 6.69. The highest BCUT2D eigenvalue weighted by Crippen LogP contribution is 2.18. The van der Waals surface area contributed by atoms with Gasteiger partial charge in [0.1, 0.15) is 4.90 Å². The van der Waals surface area contributed by atoms with Crippen molar-refractivity contribution in [1.82, 2.24) is 19.8 Å². The second-order valence-corrected chi connectivity index (χ2v) is 5.98. The Bertz CT molecular complexity index is 468. The van der Waals surface area contributed by atoms with Gasteiger partial charge >= 0.3 is 0 Å². The predicted molar refractivity (Wildman–Crippen MR) is 59.5 cm³/mol. The summed E-state index contributed by atoms with van der Waals surface area (Å²) < 4.78 is 26.0. The van der Waals surface area contributed by atoms with Gasteiger partial charge in [0, 0.05) is 25.7 Å². The molecule has 1 aliphatic heterocycles. The maximum absolute atomic E-state index is 12.3. The van der Waals surface area contributed by atoms with Crippen LogP contribution in [0.5, 0.6) is 0 Å². The number of aromatic amines is 1. The number of rotatable bonds is 2. The Labute approximate surface area is 95.1 Å². The van der Waals surface area contributed by atoms with Crippen LogP contribution < -0.4 is 5.32 Å². The van der Waals surface area contributed by atoms with Gasteiger partial charge in [0.15, 0.2) is 0 Å². The van der Waals surface area contributed by atoms with Gasteiger partial charge in [-0.2, -0.15) is 9.40 Å². The van der Waals surface area contributed by atoms with Gasteiger partial charge in [-0.25, -0.2) is 8.42 Å². The summed E-state index contributed by atoms with van der Waals surface area (Å²) in [6.07, 6.45) is 1.37. The van der Waals surface area contributed by atoms with Gasteiger partial charge in [-0.3, -0.25) is 5.10 Å². The van der Waals surface area contributed by atoms with Crippen molar-refractivity contribution in [2.24, 2.45) is 0 Å².